The molecule has 0 atom stereocenters. The molecule has 0 radical (unpaired) electrons. The van der Waals surface area contributed by atoms with Gasteiger partial charge in [-0.25, -0.2) is 0 Å². The lowest BCUT2D eigenvalue weighted by molar-refractivity contribution is 0.489. The Balaban J connectivity index is 2.28. The fraction of sp³-hybridized carbons (Fsp3) is 0.412. The molecule has 0 bridgehead atoms. The van der Waals surface area contributed by atoms with E-state index in [4.69, 9.17) is 0 Å². The highest BCUT2D eigenvalue weighted by Gasteiger charge is 2.24. The van der Waals surface area contributed by atoms with Crippen LogP contribution in [0.3, 0.4) is 0 Å². The molecule has 1 aromatic rings. The molecule has 0 spiro atoms. The van der Waals surface area contributed by atoms with Crippen molar-refractivity contribution < 1.29 is 0 Å². The van der Waals surface area contributed by atoms with Crippen LogP contribution in [0.15, 0.2) is 53.1 Å². The second kappa shape index (κ2) is 4.52. The zero-order valence-electron chi connectivity index (χ0n) is 11.4. The summed E-state index contributed by atoms with van der Waals surface area (Å²) in [5.41, 5.74) is 6.34. The van der Waals surface area contributed by atoms with Crippen molar-refractivity contribution in [1.29, 1.82) is 0 Å². The van der Waals surface area contributed by atoms with Crippen molar-refractivity contribution in [3.63, 3.8) is 0 Å². The van der Waals surface area contributed by atoms with Gasteiger partial charge in [-0.05, 0) is 36.3 Å². The Kier molecular flexibility index (Phi) is 3.24. The molecule has 90 valence electrons. The molecule has 0 amide bonds. The van der Waals surface area contributed by atoms with Gasteiger partial charge < -0.3 is 0 Å². The van der Waals surface area contributed by atoms with Crippen LogP contribution in [-0.4, -0.2) is 0 Å². The number of benzene rings is 1. The molecule has 0 N–H and O–H groups in total. The minimum atomic E-state index is 0.290. The highest BCUT2D eigenvalue weighted by atomic mass is 14.3. The summed E-state index contributed by atoms with van der Waals surface area (Å²) in [6.45, 7) is 9.20. The summed E-state index contributed by atoms with van der Waals surface area (Å²) in [6.07, 6.45) is 4.62. The first-order valence-electron chi connectivity index (χ1n) is 6.40. The van der Waals surface area contributed by atoms with Crippen LogP contribution in [0.1, 0.15) is 39.7 Å². The van der Waals surface area contributed by atoms with Crippen LogP contribution in [0.4, 0.5) is 0 Å². The lowest BCUT2D eigenvalue weighted by Crippen LogP contribution is -2.10. The molecule has 0 fully saturated rings. The zero-order valence-corrected chi connectivity index (χ0v) is 11.4. The summed E-state index contributed by atoms with van der Waals surface area (Å²) in [4.78, 5) is 0. The van der Waals surface area contributed by atoms with E-state index < -0.39 is 0 Å². The third-order valence-corrected chi connectivity index (χ3v) is 3.41. The van der Waals surface area contributed by atoms with Crippen molar-refractivity contribution in [1.82, 2.24) is 0 Å². The van der Waals surface area contributed by atoms with Crippen molar-refractivity contribution >= 4 is 0 Å². The van der Waals surface area contributed by atoms with Crippen molar-refractivity contribution in [2.24, 2.45) is 5.41 Å². The van der Waals surface area contributed by atoms with E-state index >= 15 is 0 Å². The average Bonchev–Trinajstić information content (AvgIpc) is 2.60. The number of allylic oxidation sites excluding steroid dienone is 4. The first-order valence-corrected chi connectivity index (χ1v) is 6.40. The quantitative estimate of drug-likeness (QED) is 0.671. The number of hydrogen-bond acceptors (Lipinski definition) is 0. The Morgan fingerprint density at radius 3 is 2.29 bits per heavy atom. The minimum absolute atomic E-state index is 0.290. The van der Waals surface area contributed by atoms with Gasteiger partial charge >= 0.3 is 0 Å². The molecule has 0 saturated carbocycles. The van der Waals surface area contributed by atoms with E-state index in [9.17, 15) is 0 Å². The minimum Gasteiger partial charge on any atom is -0.0689 e. The maximum absolute atomic E-state index is 2.38. The molecule has 1 aliphatic carbocycles. The smallest absolute Gasteiger partial charge is 0.00259 e. The molecule has 1 aliphatic rings. The van der Waals surface area contributed by atoms with Crippen molar-refractivity contribution in [3.8, 4) is 0 Å². The lowest BCUT2D eigenvalue weighted by Gasteiger charge is -2.23. The fourth-order valence-corrected chi connectivity index (χ4v) is 2.55. The van der Waals surface area contributed by atoms with Crippen molar-refractivity contribution in [2.75, 3.05) is 0 Å². The third-order valence-electron chi connectivity index (χ3n) is 3.41. The Hall–Kier alpha value is -1.30. The van der Waals surface area contributed by atoms with Crippen LogP contribution in [0.2, 0.25) is 0 Å². The molecule has 0 heteroatoms. The Bertz CT molecular complexity index is 453. The molecule has 0 aromatic heterocycles. The van der Waals surface area contributed by atoms with Crippen LogP contribution in [0, 0.1) is 5.41 Å². The topological polar surface area (TPSA) is 0 Å². The summed E-state index contributed by atoms with van der Waals surface area (Å²) in [6, 6.07) is 10.8. The normalized spacial score (nSPS) is 16.4. The van der Waals surface area contributed by atoms with Gasteiger partial charge in [0.1, 0.15) is 0 Å². The van der Waals surface area contributed by atoms with E-state index in [0.29, 0.717) is 5.41 Å². The Morgan fingerprint density at radius 1 is 1.06 bits per heavy atom. The lowest BCUT2D eigenvalue weighted by atomic mass is 9.82. The zero-order chi connectivity index (χ0) is 12.5. The molecule has 0 unspecified atom stereocenters. The largest absolute Gasteiger partial charge is 0.0689 e. The van der Waals surface area contributed by atoms with E-state index in [1.807, 2.05) is 0 Å². The molecular formula is C17H22. The fourth-order valence-electron chi connectivity index (χ4n) is 2.55. The van der Waals surface area contributed by atoms with E-state index in [2.05, 4.69) is 64.1 Å². The second-order valence-corrected chi connectivity index (χ2v) is 6.08. The van der Waals surface area contributed by atoms with Crippen LogP contribution >= 0.6 is 0 Å². The summed E-state index contributed by atoms with van der Waals surface area (Å²) >= 11 is 0. The van der Waals surface area contributed by atoms with E-state index in [1.165, 1.54) is 16.7 Å². The molecule has 0 aliphatic heterocycles. The first kappa shape index (κ1) is 12.2. The van der Waals surface area contributed by atoms with Crippen molar-refractivity contribution in [3.05, 3.63) is 58.7 Å². The van der Waals surface area contributed by atoms with Gasteiger partial charge in [0.15, 0.2) is 0 Å². The molecule has 0 nitrogen and oxygen atoms in total. The molecular weight excluding hydrogens is 204 g/mol. The first-order chi connectivity index (χ1) is 7.97. The highest BCUT2D eigenvalue weighted by molar-refractivity contribution is 5.43. The van der Waals surface area contributed by atoms with Crippen LogP contribution in [0.5, 0.6) is 0 Å². The maximum atomic E-state index is 2.38. The summed E-state index contributed by atoms with van der Waals surface area (Å²) in [5, 5.41) is 0. The standard InChI is InChI=1S/C17H22/c1-13-10-15(16(11-13)17(2,3)4)12-14-8-6-5-7-9-14/h5-10H,11-12H2,1-4H3. The van der Waals surface area contributed by atoms with Gasteiger partial charge in [0.05, 0.1) is 0 Å². The van der Waals surface area contributed by atoms with E-state index in [0.717, 1.165) is 12.8 Å². The summed E-state index contributed by atoms with van der Waals surface area (Å²) in [5.74, 6) is 0. The van der Waals surface area contributed by atoms with E-state index in [1.54, 1.807) is 5.57 Å². The van der Waals surface area contributed by atoms with E-state index in [-0.39, 0.29) is 0 Å². The second-order valence-electron chi connectivity index (χ2n) is 6.08. The van der Waals surface area contributed by atoms with Gasteiger partial charge in [-0.3, -0.25) is 0 Å². The monoisotopic (exact) mass is 226 g/mol. The summed E-state index contributed by atoms with van der Waals surface area (Å²) < 4.78 is 0. The van der Waals surface area contributed by atoms with Gasteiger partial charge in [0.2, 0.25) is 0 Å². The Labute approximate surface area is 105 Å². The van der Waals surface area contributed by atoms with Crippen LogP contribution in [0.25, 0.3) is 0 Å². The highest BCUT2D eigenvalue weighted by Crippen LogP contribution is 2.39. The number of rotatable bonds is 2. The predicted molar refractivity (Wildman–Crippen MR) is 75.0 cm³/mol. The van der Waals surface area contributed by atoms with Gasteiger partial charge in [-0.1, -0.05) is 68.3 Å². The average molecular weight is 226 g/mol. The van der Waals surface area contributed by atoms with Crippen molar-refractivity contribution in [2.45, 2.75) is 40.5 Å². The Morgan fingerprint density at radius 2 is 1.71 bits per heavy atom. The molecule has 0 saturated heterocycles. The molecule has 2 rings (SSSR count). The predicted octanol–water partition coefficient (Wildman–Crippen LogP) is 4.92. The maximum Gasteiger partial charge on any atom is -0.00259 e. The van der Waals surface area contributed by atoms with Gasteiger partial charge in [-0.2, -0.15) is 0 Å². The number of hydrogen-bond donors (Lipinski definition) is 0. The van der Waals surface area contributed by atoms with Crippen LogP contribution < -0.4 is 0 Å². The SMILES string of the molecule is CC1=CC(Cc2ccccc2)=C(C(C)(C)C)C1. The molecule has 1 aromatic carbocycles. The van der Waals surface area contributed by atoms with Gasteiger partial charge in [0, 0.05) is 0 Å². The summed E-state index contributed by atoms with van der Waals surface area (Å²) in [7, 11) is 0. The third kappa shape index (κ3) is 2.88. The molecule has 17 heavy (non-hydrogen) atoms. The van der Waals surface area contributed by atoms with Gasteiger partial charge in [-0.15, -0.1) is 0 Å². The van der Waals surface area contributed by atoms with Gasteiger partial charge in [0.25, 0.3) is 0 Å². The molecule has 0 heterocycles. The van der Waals surface area contributed by atoms with Crippen LogP contribution in [-0.2, 0) is 6.42 Å².